The largest absolute Gasteiger partial charge is 0.506 e. The fraction of sp³-hybridized carbons (Fsp3) is 0. The van der Waals surface area contributed by atoms with Crippen LogP contribution < -0.4 is 20.9 Å². The lowest BCUT2D eigenvalue weighted by Gasteiger charge is -2.16. The van der Waals surface area contributed by atoms with E-state index >= 15 is 0 Å². The van der Waals surface area contributed by atoms with Gasteiger partial charge in [0.1, 0.15) is 28.7 Å². The number of anilines is 2. The van der Waals surface area contributed by atoms with Gasteiger partial charge in [-0.15, -0.1) is 0 Å². The summed E-state index contributed by atoms with van der Waals surface area (Å²) in [5.41, 5.74) is 16.4. The van der Waals surface area contributed by atoms with Crippen LogP contribution in [0, 0.1) is 35.5 Å². The van der Waals surface area contributed by atoms with Crippen LogP contribution in [0.3, 0.4) is 0 Å². The summed E-state index contributed by atoms with van der Waals surface area (Å²) >= 11 is 0. The smallest absolute Gasteiger partial charge is 0.159 e. The van der Waals surface area contributed by atoms with Gasteiger partial charge in [0, 0.05) is 39.8 Å². The van der Waals surface area contributed by atoms with Crippen molar-refractivity contribution in [1.29, 1.82) is 0 Å². The second kappa shape index (κ2) is 14.8. The lowest BCUT2D eigenvalue weighted by Crippen LogP contribution is -1.98. The molecule has 0 saturated carbocycles. The molecule has 0 aliphatic rings. The van der Waals surface area contributed by atoms with Crippen LogP contribution in [-0.2, 0) is 0 Å². The number of fused-ring (bicyclic) bond motifs is 1. The number of hydrogen-bond acceptors (Lipinski definition) is 6. The van der Waals surface area contributed by atoms with Crippen LogP contribution in [0.4, 0.5) is 11.4 Å². The highest BCUT2D eigenvalue weighted by molar-refractivity contribution is 5.98. The molecule has 0 radical (unpaired) electrons. The SMILES string of the molecule is Nc1ccc(Oc2cc(C#Cc3ccccc3)c3c(C#Cc4ccccc4)c(Oc4ccc(N)c(O)c4)c(C#Cc4ccccc4)cc3c2)cc1O. The van der Waals surface area contributed by atoms with Crippen molar-refractivity contribution in [2.24, 2.45) is 0 Å². The first-order valence-electron chi connectivity index (χ1n) is 16.3. The van der Waals surface area contributed by atoms with Gasteiger partial charge in [0.2, 0.25) is 0 Å². The Balaban J connectivity index is 1.53. The van der Waals surface area contributed by atoms with Gasteiger partial charge in [-0.1, -0.05) is 90.1 Å². The van der Waals surface area contributed by atoms with Crippen molar-refractivity contribution in [2.75, 3.05) is 11.5 Å². The first-order chi connectivity index (χ1) is 25.4. The molecule has 52 heavy (non-hydrogen) atoms. The number of aromatic hydroxyl groups is 2. The molecule has 0 fully saturated rings. The summed E-state index contributed by atoms with van der Waals surface area (Å²) in [5.74, 6) is 21.3. The minimum Gasteiger partial charge on any atom is -0.506 e. The van der Waals surface area contributed by atoms with Crippen LogP contribution >= 0.6 is 0 Å². The van der Waals surface area contributed by atoms with Gasteiger partial charge in [-0.2, -0.15) is 0 Å². The van der Waals surface area contributed by atoms with Crippen molar-refractivity contribution in [3.8, 4) is 70.0 Å². The van der Waals surface area contributed by atoms with Gasteiger partial charge in [-0.3, -0.25) is 0 Å². The van der Waals surface area contributed by atoms with Crippen LogP contribution in [0.15, 0.2) is 146 Å². The van der Waals surface area contributed by atoms with Gasteiger partial charge in [0.15, 0.2) is 5.75 Å². The predicted octanol–water partition coefficient (Wildman–Crippen LogP) is 9.20. The molecule has 0 atom stereocenters. The van der Waals surface area contributed by atoms with E-state index in [0.717, 1.165) is 22.1 Å². The highest BCUT2D eigenvalue weighted by atomic mass is 16.5. The minimum absolute atomic E-state index is 0.0881. The number of rotatable bonds is 4. The van der Waals surface area contributed by atoms with E-state index in [0.29, 0.717) is 45.1 Å². The minimum atomic E-state index is -0.114. The van der Waals surface area contributed by atoms with E-state index in [1.807, 2.05) is 109 Å². The van der Waals surface area contributed by atoms with E-state index in [2.05, 4.69) is 35.5 Å². The topological polar surface area (TPSA) is 111 Å². The normalized spacial score (nSPS) is 10.2. The zero-order chi connectivity index (χ0) is 35.9. The summed E-state index contributed by atoms with van der Waals surface area (Å²) in [6, 6.07) is 44.0. The third-order valence-corrected chi connectivity index (χ3v) is 7.96. The molecule has 0 heterocycles. The molecule has 6 heteroatoms. The Hall–Kier alpha value is -7.72. The average Bonchev–Trinajstić information content (AvgIpc) is 3.16. The number of phenolic OH excluding ortho intramolecular Hbond substituents is 2. The lowest BCUT2D eigenvalue weighted by atomic mass is 9.94. The van der Waals surface area contributed by atoms with Crippen molar-refractivity contribution in [2.45, 2.75) is 0 Å². The second-order valence-corrected chi connectivity index (χ2v) is 11.7. The summed E-state index contributed by atoms with van der Waals surface area (Å²) in [6.07, 6.45) is 0. The highest BCUT2D eigenvalue weighted by Gasteiger charge is 2.19. The van der Waals surface area contributed by atoms with Gasteiger partial charge >= 0.3 is 0 Å². The van der Waals surface area contributed by atoms with Crippen LogP contribution in [0.25, 0.3) is 10.8 Å². The summed E-state index contributed by atoms with van der Waals surface area (Å²) in [5, 5.41) is 22.2. The Morgan fingerprint density at radius 2 is 0.904 bits per heavy atom. The van der Waals surface area contributed by atoms with E-state index in [1.165, 1.54) is 12.1 Å². The molecular formula is C46H30N2O4. The van der Waals surface area contributed by atoms with E-state index in [1.54, 1.807) is 24.3 Å². The van der Waals surface area contributed by atoms with Crippen molar-refractivity contribution in [3.63, 3.8) is 0 Å². The lowest BCUT2D eigenvalue weighted by molar-refractivity contribution is 0.455. The first kappa shape index (κ1) is 32.8. The molecule has 7 rings (SSSR count). The number of ether oxygens (including phenoxy) is 2. The molecule has 0 aromatic heterocycles. The summed E-state index contributed by atoms with van der Waals surface area (Å²) in [7, 11) is 0. The van der Waals surface area contributed by atoms with Crippen molar-refractivity contribution in [3.05, 3.63) is 179 Å². The molecule has 0 spiro atoms. The zero-order valence-electron chi connectivity index (χ0n) is 27.7. The third-order valence-electron chi connectivity index (χ3n) is 7.96. The first-order valence-corrected chi connectivity index (χ1v) is 16.3. The molecule has 0 unspecified atom stereocenters. The standard InChI is InChI=1S/C46H30N2O4/c47-41-24-21-37(29-43(41)49)51-39-27-34(19-16-31-10-4-1-5-11-31)45-36(28-39)26-35(20-17-32-12-6-2-7-13-32)46(52-38-22-25-42(48)44(50)30-38)40(45)23-18-33-14-8-3-9-15-33/h1-15,21-22,24-30,49-50H,47-48H2. The monoisotopic (exact) mass is 674 g/mol. The van der Waals surface area contributed by atoms with Crippen molar-refractivity contribution >= 4 is 22.1 Å². The highest BCUT2D eigenvalue weighted by Crippen LogP contribution is 2.40. The van der Waals surface area contributed by atoms with Gasteiger partial charge in [-0.05, 0) is 84.2 Å². The van der Waals surface area contributed by atoms with Crippen molar-refractivity contribution < 1.29 is 19.7 Å². The summed E-state index contributed by atoms with van der Waals surface area (Å²) < 4.78 is 12.9. The van der Waals surface area contributed by atoms with Crippen molar-refractivity contribution in [1.82, 2.24) is 0 Å². The van der Waals surface area contributed by atoms with Gasteiger partial charge in [-0.25, -0.2) is 0 Å². The van der Waals surface area contributed by atoms with Crippen LogP contribution in [0.1, 0.15) is 33.4 Å². The van der Waals surface area contributed by atoms with Crippen LogP contribution in [0.5, 0.6) is 34.5 Å². The maximum Gasteiger partial charge on any atom is 0.159 e. The quantitative estimate of drug-likeness (QED) is 0.0842. The second-order valence-electron chi connectivity index (χ2n) is 11.7. The molecule has 6 N–H and O–H groups in total. The molecule has 7 aromatic rings. The Bertz CT molecular complexity index is 2620. The van der Waals surface area contributed by atoms with Gasteiger partial charge in [0.05, 0.1) is 22.5 Å². The fourth-order valence-corrected chi connectivity index (χ4v) is 5.38. The maximum atomic E-state index is 10.5. The summed E-state index contributed by atoms with van der Waals surface area (Å²) in [4.78, 5) is 0. The maximum absolute atomic E-state index is 10.5. The Labute approximate surface area is 301 Å². The fourth-order valence-electron chi connectivity index (χ4n) is 5.38. The number of benzene rings is 7. The zero-order valence-corrected chi connectivity index (χ0v) is 27.7. The number of nitrogens with two attached hydrogens (primary N) is 2. The van der Waals surface area contributed by atoms with Gasteiger partial charge in [0.25, 0.3) is 0 Å². The van der Waals surface area contributed by atoms with E-state index in [4.69, 9.17) is 20.9 Å². The Morgan fingerprint density at radius 1 is 0.423 bits per heavy atom. The molecule has 0 amide bonds. The molecule has 0 saturated heterocycles. The van der Waals surface area contributed by atoms with E-state index < -0.39 is 0 Å². The number of phenols is 2. The van der Waals surface area contributed by atoms with E-state index in [-0.39, 0.29) is 22.9 Å². The number of nitrogen functional groups attached to an aromatic ring is 2. The average molecular weight is 675 g/mol. The molecular weight excluding hydrogens is 645 g/mol. The molecule has 248 valence electrons. The molecule has 0 aliphatic heterocycles. The predicted molar refractivity (Wildman–Crippen MR) is 206 cm³/mol. The molecule has 0 bridgehead atoms. The van der Waals surface area contributed by atoms with Crippen LogP contribution in [-0.4, -0.2) is 10.2 Å². The van der Waals surface area contributed by atoms with Gasteiger partial charge < -0.3 is 31.2 Å². The Kier molecular flexibility index (Phi) is 9.34. The number of hydrogen-bond donors (Lipinski definition) is 4. The van der Waals surface area contributed by atoms with E-state index in [9.17, 15) is 10.2 Å². The molecule has 7 aromatic carbocycles. The Morgan fingerprint density at radius 3 is 1.42 bits per heavy atom. The van der Waals surface area contributed by atoms with Crippen LogP contribution in [0.2, 0.25) is 0 Å². The molecule has 6 nitrogen and oxygen atoms in total. The molecule has 0 aliphatic carbocycles. The third kappa shape index (κ3) is 7.61. The summed E-state index contributed by atoms with van der Waals surface area (Å²) in [6.45, 7) is 0.